The number of carboxylic acid groups (broad SMARTS) is 1. The number of alkyl halides is 3. The first-order valence-corrected chi connectivity index (χ1v) is 12.3. The number of aliphatic carboxylic acids is 1. The smallest absolute Gasteiger partial charge is 0.490 e. The van der Waals surface area contributed by atoms with Gasteiger partial charge in [-0.05, 0) is 67.9 Å². The molecule has 15 heteroatoms. The van der Waals surface area contributed by atoms with E-state index in [4.69, 9.17) is 30.5 Å². The van der Waals surface area contributed by atoms with E-state index in [1.807, 2.05) is 13.8 Å². The van der Waals surface area contributed by atoms with E-state index < -0.39 is 30.0 Å². The van der Waals surface area contributed by atoms with Crippen molar-refractivity contribution in [1.82, 2.24) is 15.8 Å². The fourth-order valence-electron chi connectivity index (χ4n) is 3.22. The number of amides is 2. The van der Waals surface area contributed by atoms with Crippen molar-refractivity contribution in [2.75, 3.05) is 18.5 Å². The van der Waals surface area contributed by atoms with Crippen LogP contribution in [-0.4, -0.2) is 53.1 Å². The normalized spacial score (nSPS) is 11.2. The van der Waals surface area contributed by atoms with Gasteiger partial charge in [0, 0.05) is 23.6 Å². The molecule has 0 saturated heterocycles. The largest absolute Gasteiger partial charge is 0.490 e. The molecule has 1 atom stereocenters. The number of hydrogen-bond donors (Lipinski definition) is 6. The number of nitrogens with one attached hydrogen (secondary N) is 4. The number of anilines is 1. The van der Waals surface area contributed by atoms with Crippen LogP contribution in [-0.2, 0) is 9.59 Å². The summed E-state index contributed by atoms with van der Waals surface area (Å²) in [6.07, 6.45) is -2.14. The Morgan fingerprint density at radius 2 is 1.60 bits per heavy atom. The number of benzene rings is 2. The highest BCUT2D eigenvalue weighted by Crippen LogP contribution is 2.32. The summed E-state index contributed by atoms with van der Waals surface area (Å²) >= 11 is 0. The minimum atomic E-state index is -5.08. The van der Waals surface area contributed by atoms with E-state index in [2.05, 4.69) is 21.2 Å². The Bertz CT molecular complexity index is 1370. The van der Waals surface area contributed by atoms with Gasteiger partial charge >= 0.3 is 12.1 Å². The van der Waals surface area contributed by atoms with E-state index in [0.29, 0.717) is 47.1 Å². The summed E-state index contributed by atoms with van der Waals surface area (Å²) in [5.41, 5.74) is 12.5. The zero-order valence-corrected chi connectivity index (χ0v) is 22.5. The molecule has 12 nitrogen and oxygen atoms in total. The number of pyridine rings is 1. The second kappa shape index (κ2) is 15.4. The summed E-state index contributed by atoms with van der Waals surface area (Å²) < 4.78 is 43.1. The van der Waals surface area contributed by atoms with Gasteiger partial charge in [-0.25, -0.2) is 4.79 Å². The molecular weight excluding hydrogens is 561 g/mol. The predicted molar refractivity (Wildman–Crippen MR) is 146 cm³/mol. The van der Waals surface area contributed by atoms with E-state index in [0.717, 1.165) is 0 Å². The van der Waals surface area contributed by atoms with Crippen LogP contribution < -0.4 is 31.4 Å². The van der Waals surface area contributed by atoms with E-state index in [-0.39, 0.29) is 5.84 Å². The molecule has 3 rings (SSSR count). The zero-order chi connectivity index (χ0) is 31.3. The number of aromatic nitrogens is 1. The maximum atomic E-state index is 13.2. The van der Waals surface area contributed by atoms with Gasteiger partial charge < -0.3 is 25.6 Å². The highest BCUT2D eigenvalue weighted by molar-refractivity contribution is 5.96. The monoisotopic (exact) mass is 590 g/mol. The van der Waals surface area contributed by atoms with Crippen LogP contribution in [0.25, 0.3) is 0 Å². The van der Waals surface area contributed by atoms with Crippen LogP contribution in [0.3, 0.4) is 0 Å². The summed E-state index contributed by atoms with van der Waals surface area (Å²) in [5.74, 6) is -2.77. The molecule has 0 aliphatic heterocycles. The third-order valence-corrected chi connectivity index (χ3v) is 5.14. The number of hydrogen-bond acceptors (Lipinski definition) is 8. The van der Waals surface area contributed by atoms with Crippen molar-refractivity contribution in [3.8, 4) is 11.5 Å². The second-order valence-corrected chi connectivity index (χ2v) is 8.13. The van der Waals surface area contributed by atoms with Crippen LogP contribution in [0.15, 0.2) is 67.0 Å². The van der Waals surface area contributed by atoms with Crippen molar-refractivity contribution >= 4 is 29.3 Å². The van der Waals surface area contributed by atoms with Crippen molar-refractivity contribution in [3.05, 3.63) is 83.7 Å². The van der Waals surface area contributed by atoms with Gasteiger partial charge in [-0.3, -0.25) is 30.8 Å². The second-order valence-electron chi connectivity index (χ2n) is 8.13. The van der Waals surface area contributed by atoms with Gasteiger partial charge in [0.25, 0.3) is 11.8 Å². The SMILES string of the molecule is CCOc1ccc(C(Nc2ccc(C(=N)N)cc2)C(=O)NNC(=O)c2cccnc2)cc1OCC.O=C(O)C(F)(F)F. The number of carbonyl (C=O) groups is 3. The Balaban J connectivity index is 0.000000782. The molecule has 0 fully saturated rings. The van der Waals surface area contributed by atoms with Gasteiger partial charge in [0.1, 0.15) is 11.9 Å². The van der Waals surface area contributed by atoms with Crippen molar-refractivity contribution in [3.63, 3.8) is 0 Å². The topological polar surface area (TPSA) is 189 Å². The van der Waals surface area contributed by atoms with Gasteiger partial charge in [-0.15, -0.1) is 0 Å². The molecule has 7 N–H and O–H groups in total. The first kappa shape index (κ1) is 32.9. The number of hydrazine groups is 1. The summed E-state index contributed by atoms with van der Waals surface area (Å²) in [4.78, 5) is 38.4. The molecule has 1 heterocycles. The average molecular weight is 591 g/mol. The fraction of sp³-hybridized carbons (Fsp3) is 0.222. The summed E-state index contributed by atoms with van der Waals surface area (Å²) in [6.45, 7) is 4.61. The number of nitrogen functional groups attached to an aromatic ring is 1. The van der Waals surface area contributed by atoms with E-state index in [1.54, 1.807) is 60.8 Å². The number of rotatable bonds is 10. The van der Waals surface area contributed by atoms with Crippen molar-refractivity contribution in [2.45, 2.75) is 26.1 Å². The first-order chi connectivity index (χ1) is 19.9. The fourth-order valence-corrected chi connectivity index (χ4v) is 3.22. The van der Waals surface area contributed by atoms with E-state index >= 15 is 0 Å². The summed E-state index contributed by atoms with van der Waals surface area (Å²) in [5, 5.41) is 17.8. The summed E-state index contributed by atoms with van der Waals surface area (Å²) in [6, 6.07) is 14.3. The molecule has 0 aliphatic rings. The highest BCUT2D eigenvalue weighted by Gasteiger charge is 2.38. The number of nitrogens with zero attached hydrogens (tertiary/aromatic N) is 1. The number of halogens is 3. The molecule has 42 heavy (non-hydrogen) atoms. The molecule has 1 aromatic heterocycles. The lowest BCUT2D eigenvalue weighted by atomic mass is 10.0. The zero-order valence-electron chi connectivity index (χ0n) is 22.5. The molecule has 0 saturated carbocycles. The Hall–Kier alpha value is -5.34. The maximum absolute atomic E-state index is 13.2. The van der Waals surface area contributed by atoms with Crippen LogP contribution in [0, 0.1) is 5.41 Å². The Kier molecular flexibility index (Phi) is 12.1. The Labute approximate surface area is 238 Å². The van der Waals surface area contributed by atoms with Crippen LogP contribution in [0.1, 0.15) is 41.4 Å². The quantitative estimate of drug-likeness (QED) is 0.117. The van der Waals surface area contributed by atoms with Crippen LogP contribution in [0.2, 0.25) is 0 Å². The van der Waals surface area contributed by atoms with Crippen LogP contribution >= 0.6 is 0 Å². The van der Waals surface area contributed by atoms with Gasteiger partial charge in [0.2, 0.25) is 0 Å². The predicted octanol–water partition coefficient (Wildman–Crippen LogP) is 3.41. The molecule has 0 aliphatic carbocycles. The lowest BCUT2D eigenvalue weighted by Crippen LogP contribution is -2.45. The summed E-state index contributed by atoms with van der Waals surface area (Å²) in [7, 11) is 0. The molecule has 2 amide bonds. The number of amidine groups is 1. The Morgan fingerprint density at radius 3 is 2.12 bits per heavy atom. The van der Waals surface area contributed by atoms with Crippen molar-refractivity contribution < 1.29 is 42.1 Å². The molecular formula is C27H29F3N6O6. The molecule has 0 radical (unpaired) electrons. The minimum absolute atomic E-state index is 0.0585. The lowest BCUT2D eigenvalue weighted by molar-refractivity contribution is -0.192. The molecule has 1 unspecified atom stereocenters. The number of ether oxygens (including phenoxy) is 2. The number of carboxylic acids is 1. The standard InChI is InChI=1S/C25H28N6O4.C2HF3O2/c1-3-34-20-12-9-17(14-21(20)35-4-2)22(29-19-10-7-16(8-11-19)23(26)27)25(33)31-30-24(32)18-6-5-13-28-15-18;3-2(4,5)1(6)7/h5-15,22,29H,3-4H2,1-2H3,(H3,26,27)(H,30,32)(H,31,33);(H,6,7). The number of carbonyl (C=O) groups excluding carboxylic acids is 2. The van der Waals surface area contributed by atoms with Crippen LogP contribution in [0.4, 0.5) is 18.9 Å². The molecule has 2 aromatic carbocycles. The highest BCUT2D eigenvalue weighted by atomic mass is 19.4. The van der Waals surface area contributed by atoms with Gasteiger partial charge in [0.05, 0.1) is 18.8 Å². The average Bonchev–Trinajstić information content (AvgIpc) is 2.96. The van der Waals surface area contributed by atoms with Gasteiger partial charge in [-0.1, -0.05) is 6.07 Å². The third-order valence-electron chi connectivity index (χ3n) is 5.14. The van der Waals surface area contributed by atoms with Crippen molar-refractivity contribution in [1.29, 1.82) is 5.41 Å². The lowest BCUT2D eigenvalue weighted by Gasteiger charge is -2.22. The minimum Gasteiger partial charge on any atom is -0.490 e. The van der Waals surface area contributed by atoms with Crippen molar-refractivity contribution in [2.24, 2.45) is 5.73 Å². The van der Waals surface area contributed by atoms with E-state index in [1.165, 1.54) is 6.20 Å². The Morgan fingerprint density at radius 1 is 0.976 bits per heavy atom. The molecule has 3 aromatic rings. The first-order valence-electron chi connectivity index (χ1n) is 12.3. The third kappa shape index (κ3) is 10.0. The molecule has 0 spiro atoms. The number of nitrogens with two attached hydrogens (primary N) is 1. The van der Waals surface area contributed by atoms with E-state index in [9.17, 15) is 22.8 Å². The van der Waals surface area contributed by atoms with Gasteiger partial charge in [0.15, 0.2) is 11.5 Å². The molecule has 224 valence electrons. The van der Waals surface area contributed by atoms with Gasteiger partial charge in [-0.2, -0.15) is 13.2 Å². The molecule has 0 bridgehead atoms. The maximum Gasteiger partial charge on any atom is 0.490 e. The van der Waals surface area contributed by atoms with Crippen LogP contribution in [0.5, 0.6) is 11.5 Å².